The summed E-state index contributed by atoms with van der Waals surface area (Å²) in [4.78, 5) is 7.88. The Morgan fingerprint density at radius 2 is 1.64 bits per heavy atom. The number of rotatable bonds is 7. The van der Waals surface area contributed by atoms with E-state index in [2.05, 4.69) is 24.5 Å². The number of benzene rings is 1. The number of aromatic nitrogens is 4. The topological polar surface area (TPSA) is 136 Å². The van der Waals surface area contributed by atoms with Crippen LogP contribution in [0.4, 0.5) is 11.5 Å². The Hall–Kier alpha value is -2.99. The van der Waals surface area contributed by atoms with E-state index in [1.807, 2.05) is 6.92 Å². The van der Waals surface area contributed by atoms with Gasteiger partial charge in [0.1, 0.15) is 16.5 Å². The van der Waals surface area contributed by atoms with Gasteiger partial charge in [-0.05, 0) is 44.2 Å². The molecule has 3 rings (SSSR count). The first-order chi connectivity index (χ1) is 13.2. The molecule has 0 amide bonds. The number of nitrogens with zero attached hydrogens (tertiary/aromatic N) is 4. The van der Waals surface area contributed by atoms with Crippen LogP contribution in [-0.2, 0) is 26.6 Å². The van der Waals surface area contributed by atoms with E-state index in [9.17, 15) is 16.8 Å². The van der Waals surface area contributed by atoms with Gasteiger partial charge in [0.2, 0.25) is 0 Å². The first-order valence-electron chi connectivity index (χ1n) is 8.17. The molecule has 0 saturated heterocycles. The van der Waals surface area contributed by atoms with Crippen molar-refractivity contribution in [2.24, 2.45) is 0 Å². The summed E-state index contributed by atoms with van der Waals surface area (Å²) >= 11 is 0. The van der Waals surface area contributed by atoms with Crippen LogP contribution in [0.2, 0.25) is 0 Å². The molecule has 0 atom stereocenters. The zero-order valence-corrected chi connectivity index (χ0v) is 16.7. The van der Waals surface area contributed by atoms with Crippen LogP contribution < -0.4 is 9.44 Å². The second-order valence-electron chi connectivity index (χ2n) is 5.76. The lowest BCUT2D eigenvalue weighted by Crippen LogP contribution is -2.15. The summed E-state index contributed by atoms with van der Waals surface area (Å²) in [7, 11) is -7.69. The van der Waals surface area contributed by atoms with Crippen molar-refractivity contribution >= 4 is 31.6 Å². The summed E-state index contributed by atoms with van der Waals surface area (Å²) < 4.78 is 55.9. The lowest BCUT2D eigenvalue weighted by Gasteiger charge is -2.09. The van der Waals surface area contributed by atoms with Crippen LogP contribution in [0.15, 0.2) is 58.7 Å². The minimum atomic E-state index is -3.87. The molecule has 12 heteroatoms. The summed E-state index contributed by atoms with van der Waals surface area (Å²) in [5.41, 5.74) is 0.223. The maximum atomic E-state index is 12.4. The van der Waals surface area contributed by atoms with Crippen molar-refractivity contribution in [3.63, 3.8) is 0 Å². The number of hydrogen-bond acceptors (Lipinski definition) is 7. The monoisotopic (exact) mass is 422 g/mol. The van der Waals surface area contributed by atoms with Gasteiger partial charge in [0, 0.05) is 24.6 Å². The number of hydrogen-bond donors (Lipinski definition) is 2. The molecule has 2 heterocycles. The van der Waals surface area contributed by atoms with Crippen LogP contribution in [0.25, 0.3) is 0 Å². The fourth-order valence-corrected chi connectivity index (χ4v) is 4.29. The second-order valence-corrected chi connectivity index (χ2v) is 9.12. The normalized spacial score (nSPS) is 11.9. The van der Waals surface area contributed by atoms with Crippen LogP contribution in [0.5, 0.6) is 0 Å². The largest absolute Gasteiger partial charge is 0.280 e. The highest BCUT2D eigenvalue weighted by Gasteiger charge is 2.18. The molecule has 28 heavy (non-hydrogen) atoms. The Kier molecular flexibility index (Phi) is 5.34. The van der Waals surface area contributed by atoms with Gasteiger partial charge in [-0.3, -0.25) is 14.1 Å². The molecule has 0 fully saturated rings. The maximum absolute atomic E-state index is 12.4. The Labute approximate surface area is 162 Å². The lowest BCUT2D eigenvalue weighted by atomic mass is 10.3. The molecule has 2 aromatic heterocycles. The van der Waals surface area contributed by atoms with Crippen LogP contribution in [0.3, 0.4) is 0 Å². The molecule has 0 spiro atoms. The quantitative estimate of drug-likeness (QED) is 0.590. The van der Waals surface area contributed by atoms with Gasteiger partial charge in [0.15, 0.2) is 0 Å². The highest BCUT2D eigenvalue weighted by atomic mass is 32.2. The highest BCUT2D eigenvalue weighted by molar-refractivity contribution is 7.93. The van der Waals surface area contributed by atoms with Crippen molar-refractivity contribution in [1.82, 2.24) is 19.7 Å². The van der Waals surface area contributed by atoms with Crippen LogP contribution in [0, 0.1) is 6.92 Å². The fraction of sp³-hybridized carbons (Fsp3) is 0.188. The van der Waals surface area contributed by atoms with E-state index in [1.54, 1.807) is 6.92 Å². The number of nitrogens with one attached hydrogen (secondary N) is 2. The Balaban J connectivity index is 1.77. The van der Waals surface area contributed by atoms with Crippen molar-refractivity contribution in [2.45, 2.75) is 30.2 Å². The first-order valence-corrected chi connectivity index (χ1v) is 11.1. The molecule has 0 aliphatic carbocycles. The summed E-state index contributed by atoms with van der Waals surface area (Å²) in [5, 5.41) is 3.93. The van der Waals surface area contributed by atoms with Crippen molar-refractivity contribution in [2.75, 3.05) is 9.44 Å². The molecule has 2 N–H and O–H groups in total. The molecule has 0 aliphatic rings. The number of aryl methyl sites for hydroxylation is 2. The first kappa shape index (κ1) is 19.8. The summed E-state index contributed by atoms with van der Waals surface area (Å²) in [6.07, 6.45) is 4.10. The van der Waals surface area contributed by atoms with Gasteiger partial charge in [-0.2, -0.15) is 5.10 Å². The Morgan fingerprint density at radius 1 is 0.964 bits per heavy atom. The third-order valence-electron chi connectivity index (χ3n) is 3.68. The van der Waals surface area contributed by atoms with Gasteiger partial charge in [-0.1, -0.05) is 0 Å². The molecule has 0 unspecified atom stereocenters. The third kappa shape index (κ3) is 4.46. The van der Waals surface area contributed by atoms with Crippen LogP contribution >= 0.6 is 0 Å². The minimum Gasteiger partial charge on any atom is -0.280 e. The average Bonchev–Trinajstić information content (AvgIpc) is 3.12. The van der Waals surface area contributed by atoms with Crippen LogP contribution in [0.1, 0.15) is 12.7 Å². The Morgan fingerprint density at radius 3 is 2.25 bits per heavy atom. The Bertz CT molecular complexity index is 1190. The molecule has 0 bridgehead atoms. The van der Waals surface area contributed by atoms with Crippen molar-refractivity contribution in [3.8, 4) is 0 Å². The molecular formula is C16H18N6O4S2. The maximum Gasteiger partial charge on any atom is 0.265 e. The zero-order valence-electron chi connectivity index (χ0n) is 15.1. The minimum absolute atomic E-state index is 0.0202. The fourth-order valence-electron chi connectivity index (χ4n) is 2.28. The van der Waals surface area contributed by atoms with Crippen LogP contribution in [-0.4, -0.2) is 36.6 Å². The number of sulfonamides is 2. The van der Waals surface area contributed by atoms with Crippen molar-refractivity contribution in [3.05, 3.63) is 54.7 Å². The lowest BCUT2D eigenvalue weighted by molar-refractivity contribution is 0.599. The third-order valence-corrected chi connectivity index (χ3v) is 6.38. The van der Waals surface area contributed by atoms with E-state index in [4.69, 9.17) is 0 Å². The van der Waals surface area contributed by atoms with E-state index in [0.717, 1.165) is 0 Å². The molecule has 0 radical (unpaired) electrons. The molecule has 0 aliphatic heterocycles. The molecule has 0 saturated carbocycles. The summed E-state index contributed by atoms with van der Waals surface area (Å²) in [5.74, 6) is 0.571. The van der Waals surface area contributed by atoms with Gasteiger partial charge in [0.25, 0.3) is 20.0 Å². The SMILES string of the molecule is CCn1cc(S(=O)(=O)Nc2ccc(S(=O)(=O)Nc3ccnc(C)n3)cc2)cn1. The summed E-state index contributed by atoms with van der Waals surface area (Å²) in [6, 6.07) is 6.75. The molecule has 1 aromatic carbocycles. The van der Waals surface area contributed by atoms with Gasteiger partial charge in [-0.25, -0.2) is 26.8 Å². The van der Waals surface area contributed by atoms with E-state index in [0.29, 0.717) is 12.4 Å². The van der Waals surface area contributed by atoms with E-state index in [1.165, 1.54) is 53.6 Å². The summed E-state index contributed by atoms with van der Waals surface area (Å²) in [6.45, 7) is 4.02. The van der Waals surface area contributed by atoms with Crippen molar-refractivity contribution in [1.29, 1.82) is 0 Å². The van der Waals surface area contributed by atoms with E-state index < -0.39 is 20.0 Å². The van der Waals surface area contributed by atoms with Gasteiger partial charge >= 0.3 is 0 Å². The second kappa shape index (κ2) is 7.56. The van der Waals surface area contributed by atoms with Gasteiger partial charge < -0.3 is 0 Å². The van der Waals surface area contributed by atoms with Gasteiger partial charge in [-0.15, -0.1) is 0 Å². The molecular weight excluding hydrogens is 404 g/mol. The zero-order chi connectivity index (χ0) is 20.4. The van der Waals surface area contributed by atoms with Crippen molar-refractivity contribution < 1.29 is 16.8 Å². The standard InChI is InChI=1S/C16H18N6O4S2/c1-3-22-11-15(10-18-22)28(25,26)20-13-4-6-14(7-5-13)27(23,24)21-16-8-9-17-12(2)19-16/h4-11,20H,3H2,1-2H3,(H,17,19,21). The smallest absolute Gasteiger partial charge is 0.265 e. The molecule has 3 aromatic rings. The van der Waals surface area contributed by atoms with Gasteiger partial charge in [0.05, 0.1) is 11.1 Å². The predicted molar refractivity (Wildman–Crippen MR) is 103 cm³/mol. The number of anilines is 2. The molecule has 148 valence electrons. The highest BCUT2D eigenvalue weighted by Crippen LogP contribution is 2.20. The molecule has 10 nitrogen and oxygen atoms in total. The van der Waals surface area contributed by atoms with E-state index in [-0.39, 0.29) is 21.3 Å². The van der Waals surface area contributed by atoms with E-state index >= 15 is 0 Å². The predicted octanol–water partition coefficient (Wildman–Crippen LogP) is 1.60. The average molecular weight is 422 g/mol.